The van der Waals surface area contributed by atoms with Crippen LogP contribution in [0.25, 0.3) is 0 Å². The van der Waals surface area contributed by atoms with Crippen LogP contribution < -0.4 is 15.3 Å². The van der Waals surface area contributed by atoms with E-state index < -0.39 is 17.9 Å². The molecule has 0 heterocycles. The summed E-state index contributed by atoms with van der Waals surface area (Å²) in [6.45, 7) is 13.4. The summed E-state index contributed by atoms with van der Waals surface area (Å²) in [4.78, 5) is 28.5. The number of carboxylic acids is 3. The van der Waals surface area contributed by atoms with Crippen molar-refractivity contribution >= 4 is 42.3 Å². The first-order chi connectivity index (χ1) is 7.93. The van der Waals surface area contributed by atoms with Crippen molar-refractivity contribution in [2.45, 2.75) is 20.8 Å². The van der Waals surface area contributed by atoms with Gasteiger partial charge in [0.1, 0.15) is 0 Å². The Labute approximate surface area is 129 Å². The van der Waals surface area contributed by atoms with E-state index in [9.17, 15) is 29.7 Å². The summed E-state index contributed by atoms with van der Waals surface area (Å²) in [5.74, 6) is -3.56. The molecule has 6 nitrogen and oxygen atoms in total. The van der Waals surface area contributed by atoms with E-state index in [1.54, 1.807) is 0 Å². The van der Waals surface area contributed by atoms with E-state index in [1.165, 1.54) is 20.8 Å². The third-order valence-electron chi connectivity index (χ3n) is 1.05. The molecule has 19 heavy (non-hydrogen) atoms. The fourth-order valence-electron chi connectivity index (χ4n) is 0. The van der Waals surface area contributed by atoms with E-state index in [0.29, 0.717) is 0 Å². The molecule has 0 saturated heterocycles. The van der Waals surface area contributed by atoms with Gasteiger partial charge in [0.25, 0.3) is 0 Å². The number of rotatable bonds is 3. The molecule has 0 N–H and O–H groups in total. The van der Waals surface area contributed by atoms with Crippen molar-refractivity contribution < 1.29 is 29.7 Å². The maximum absolute atomic E-state index is 9.49. The molecule has 0 rings (SSSR count). The predicted molar refractivity (Wildman–Crippen MR) is 65.2 cm³/mol. The number of hydrogen-bond acceptors (Lipinski definition) is 6. The molecule has 0 aromatic carbocycles. The van der Waals surface area contributed by atoms with E-state index in [4.69, 9.17) is 0 Å². The van der Waals surface area contributed by atoms with Gasteiger partial charge in [0.05, 0.1) is 17.9 Å². The Hall–Kier alpha value is -1.55. The summed E-state index contributed by atoms with van der Waals surface area (Å²) in [5.41, 5.74) is 0.194. The number of aliphatic carboxylic acids is 3. The Morgan fingerprint density at radius 3 is 0.684 bits per heavy atom. The van der Waals surface area contributed by atoms with Crippen molar-refractivity contribution in [2.24, 2.45) is 0 Å². The van der Waals surface area contributed by atoms with Crippen LogP contribution in [0, 0.1) is 0 Å². The normalized spacial score (nSPS) is 7.11. The zero-order valence-corrected chi connectivity index (χ0v) is 13.6. The summed E-state index contributed by atoms with van der Waals surface area (Å²) in [6, 6.07) is 0. The third-order valence-corrected chi connectivity index (χ3v) is 1.05. The third kappa shape index (κ3) is 31.5. The van der Waals surface area contributed by atoms with Gasteiger partial charge in [-0.25, -0.2) is 0 Å². The van der Waals surface area contributed by atoms with E-state index in [0.717, 1.165) is 0 Å². The van der Waals surface area contributed by atoms with E-state index in [-0.39, 0.29) is 41.1 Å². The summed E-state index contributed by atoms with van der Waals surface area (Å²) in [7, 11) is 0. The SMILES string of the molecule is C=C(C)C(=O)[O-].C=C(C)C(=O)[O-].C=C(C)C(=O)[O-].[Sb+3]. The molecule has 0 aromatic rings. The minimum atomic E-state index is -1.19. The Morgan fingerprint density at radius 2 is 0.684 bits per heavy atom. The maximum atomic E-state index is 9.49. The molecule has 2 radical (unpaired) electrons. The molecule has 0 aliphatic rings. The molecule has 0 aliphatic heterocycles. The summed E-state index contributed by atoms with van der Waals surface area (Å²) in [5, 5.41) is 28.5. The Kier molecular flexibility index (Phi) is 19.9. The predicted octanol–water partition coefficient (Wildman–Crippen LogP) is -2.44. The average molecular weight is 377 g/mol. The Bertz CT molecular complexity index is 277. The van der Waals surface area contributed by atoms with Crippen LogP contribution in [0.2, 0.25) is 0 Å². The second-order valence-corrected chi connectivity index (χ2v) is 3.20. The topological polar surface area (TPSA) is 120 Å². The first-order valence-corrected chi connectivity index (χ1v) is 4.54. The first kappa shape index (κ1) is 26.1. The Morgan fingerprint density at radius 1 is 0.632 bits per heavy atom. The van der Waals surface area contributed by atoms with Crippen LogP contribution in [0.5, 0.6) is 0 Å². The molecular formula is C12H15O6Sb. The van der Waals surface area contributed by atoms with Crippen molar-refractivity contribution in [2.75, 3.05) is 0 Å². The average Bonchev–Trinajstić information content (AvgIpc) is 2.18. The molecule has 0 amide bonds. The molecule has 0 spiro atoms. The smallest absolute Gasteiger partial charge is 0.545 e. The fourth-order valence-corrected chi connectivity index (χ4v) is 0. The minimum Gasteiger partial charge on any atom is -0.545 e. The zero-order valence-electron chi connectivity index (χ0n) is 11.0. The second-order valence-electron chi connectivity index (χ2n) is 3.20. The van der Waals surface area contributed by atoms with E-state index in [1.807, 2.05) is 0 Å². The van der Waals surface area contributed by atoms with Gasteiger partial charge in [-0.2, -0.15) is 0 Å². The monoisotopic (exact) mass is 376 g/mol. The van der Waals surface area contributed by atoms with Gasteiger partial charge in [-0.3, -0.25) is 0 Å². The molecule has 0 atom stereocenters. The summed E-state index contributed by atoms with van der Waals surface area (Å²) >= 11 is 0. The van der Waals surface area contributed by atoms with Gasteiger partial charge in [-0.15, -0.1) is 0 Å². The van der Waals surface area contributed by atoms with Crippen molar-refractivity contribution in [1.82, 2.24) is 0 Å². The quantitative estimate of drug-likeness (QED) is 0.398. The molecule has 0 aliphatic carbocycles. The van der Waals surface area contributed by atoms with Crippen molar-refractivity contribution in [3.63, 3.8) is 0 Å². The van der Waals surface area contributed by atoms with E-state index >= 15 is 0 Å². The Balaban J connectivity index is -0.0000000865. The number of hydrogen-bond donors (Lipinski definition) is 0. The van der Waals surface area contributed by atoms with Gasteiger partial charge in [0, 0.05) is 0 Å². The van der Waals surface area contributed by atoms with Gasteiger partial charge in [-0.05, 0) is 37.5 Å². The van der Waals surface area contributed by atoms with Crippen LogP contribution in [0.4, 0.5) is 0 Å². The molecule has 0 fully saturated rings. The molecule has 0 saturated carbocycles. The molecule has 0 aromatic heterocycles. The van der Waals surface area contributed by atoms with Crippen LogP contribution in [0.1, 0.15) is 20.8 Å². The number of carboxylic acid groups (broad SMARTS) is 3. The maximum Gasteiger partial charge on any atom is 3.00 e. The molecular weight excluding hydrogens is 362 g/mol. The van der Waals surface area contributed by atoms with Gasteiger partial charge < -0.3 is 29.7 Å². The summed E-state index contributed by atoms with van der Waals surface area (Å²) < 4.78 is 0. The van der Waals surface area contributed by atoms with Crippen LogP contribution in [0.3, 0.4) is 0 Å². The molecule has 0 bridgehead atoms. The zero-order chi connectivity index (χ0) is 15.5. The summed E-state index contributed by atoms with van der Waals surface area (Å²) in [6.07, 6.45) is 0. The van der Waals surface area contributed by atoms with Gasteiger partial charge in [0.15, 0.2) is 0 Å². The van der Waals surface area contributed by atoms with Crippen LogP contribution in [-0.4, -0.2) is 42.3 Å². The second kappa shape index (κ2) is 14.5. The van der Waals surface area contributed by atoms with Crippen molar-refractivity contribution in [3.05, 3.63) is 36.5 Å². The fraction of sp³-hybridized carbons (Fsp3) is 0.250. The molecule has 0 unspecified atom stereocenters. The van der Waals surface area contributed by atoms with Gasteiger partial charge in [0.2, 0.25) is 0 Å². The first-order valence-electron chi connectivity index (χ1n) is 4.54. The van der Waals surface area contributed by atoms with Crippen LogP contribution in [-0.2, 0) is 14.4 Å². The molecule has 104 valence electrons. The van der Waals surface area contributed by atoms with Crippen molar-refractivity contribution in [1.29, 1.82) is 0 Å². The van der Waals surface area contributed by atoms with Crippen molar-refractivity contribution in [3.8, 4) is 0 Å². The largest absolute Gasteiger partial charge is 3.00 e. The van der Waals surface area contributed by atoms with E-state index in [2.05, 4.69) is 19.7 Å². The molecule has 7 heteroatoms. The van der Waals surface area contributed by atoms with Gasteiger partial charge in [-0.1, -0.05) is 19.7 Å². The minimum absolute atomic E-state index is 0. The van der Waals surface area contributed by atoms with Gasteiger partial charge >= 0.3 is 24.4 Å². The van der Waals surface area contributed by atoms with Crippen LogP contribution in [0.15, 0.2) is 36.5 Å². The van der Waals surface area contributed by atoms with Crippen LogP contribution >= 0.6 is 0 Å². The standard InChI is InChI=1S/3C4H6O2.Sb/c3*1-3(2)4(5)6;/h3*1H2,2H3,(H,5,6);/q;;;+3/p-3. The number of carbonyl (C=O) groups is 3. The number of carbonyl (C=O) groups excluding carboxylic acids is 3.